The topological polar surface area (TPSA) is 109 Å². The Bertz CT molecular complexity index is 3190. The van der Waals surface area contributed by atoms with Crippen LogP contribution in [0, 0.1) is 0 Å². The van der Waals surface area contributed by atoms with Crippen LogP contribution >= 0.6 is 0 Å². The van der Waals surface area contributed by atoms with Crippen molar-refractivity contribution in [3.8, 4) is 113 Å². The van der Waals surface area contributed by atoms with Gasteiger partial charge in [0.1, 0.15) is 0 Å². The molecule has 0 fully saturated rings. The minimum absolute atomic E-state index is 0.509. The number of benzene rings is 5. The van der Waals surface area contributed by atoms with Crippen molar-refractivity contribution in [2.75, 3.05) is 0 Å². The van der Waals surface area contributed by atoms with E-state index in [1.165, 1.54) is 0 Å². The molecule has 0 spiro atoms. The highest BCUT2D eigenvalue weighted by Crippen LogP contribution is 2.50. The van der Waals surface area contributed by atoms with E-state index in [1.54, 1.807) is 12.4 Å². The standard InChI is InChI=1S/C53H33N7O2/c1-3-11-34(12-4-1)35-17-19-37(20-18-35)52-58-51(36-13-5-2-6-14-36)59-53(60-52)38-23-26-47-48(29-38)62-50-31-42(40-22-25-46(57-33-40)44-16-8-10-28-55-44)41(30-49(50)61-47)39-21-24-45(56-32-39)43-15-7-9-27-54-43/h1-33H. The maximum Gasteiger partial charge on any atom is 0.170 e. The summed E-state index contributed by atoms with van der Waals surface area (Å²) in [5, 5.41) is 0. The molecule has 9 heteroatoms. The van der Waals surface area contributed by atoms with Gasteiger partial charge in [0.2, 0.25) is 0 Å². The second-order valence-electron chi connectivity index (χ2n) is 14.6. The first-order valence-corrected chi connectivity index (χ1v) is 20.1. The molecular weight excluding hydrogens is 767 g/mol. The second kappa shape index (κ2) is 15.8. The molecule has 0 amide bonds. The molecule has 0 radical (unpaired) electrons. The monoisotopic (exact) mass is 799 g/mol. The molecule has 0 aliphatic carbocycles. The molecule has 0 N–H and O–H groups in total. The highest BCUT2D eigenvalue weighted by atomic mass is 16.6. The van der Waals surface area contributed by atoms with Gasteiger partial charge in [-0.15, -0.1) is 0 Å². The first kappa shape index (κ1) is 36.4. The lowest BCUT2D eigenvalue weighted by molar-refractivity contribution is 0.360. The molecule has 11 rings (SSSR count). The molecule has 292 valence electrons. The summed E-state index contributed by atoms with van der Waals surface area (Å²) in [6, 6.07) is 57.9. The Morgan fingerprint density at radius 3 is 1.19 bits per heavy atom. The van der Waals surface area contributed by atoms with Gasteiger partial charge in [-0.1, -0.05) is 109 Å². The Hall–Kier alpha value is -8.69. The van der Waals surface area contributed by atoms with Crippen LogP contribution in [0.3, 0.4) is 0 Å². The molecule has 0 saturated carbocycles. The molecule has 10 aromatic rings. The lowest BCUT2D eigenvalue weighted by Gasteiger charge is -2.23. The third-order valence-corrected chi connectivity index (χ3v) is 10.6. The van der Waals surface area contributed by atoms with E-state index in [4.69, 9.17) is 34.4 Å². The molecular formula is C53H33N7O2. The Morgan fingerprint density at radius 2 is 0.677 bits per heavy atom. The maximum atomic E-state index is 6.70. The van der Waals surface area contributed by atoms with Crippen LogP contribution in [-0.4, -0.2) is 34.9 Å². The van der Waals surface area contributed by atoms with Gasteiger partial charge < -0.3 is 9.47 Å². The fourth-order valence-corrected chi connectivity index (χ4v) is 7.48. The van der Waals surface area contributed by atoms with Crippen molar-refractivity contribution < 1.29 is 9.47 Å². The van der Waals surface area contributed by atoms with E-state index >= 15 is 0 Å². The second-order valence-corrected chi connectivity index (χ2v) is 14.6. The van der Waals surface area contributed by atoms with E-state index in [0.29, 0.717) is 40.5 Å². The number of nitrogens with zero attached hydrogens (tertiary/aromatic N) is 7. The number of aromatic nitrogens is 7. The predicted molar refractivity (Wildman–Crippen MR) is 241 cm³/mol. The van der Waals surface area contributed by atoms with Crippen molar-refractivity contribution in [3.63, 3.8) is 0 Å². The lowest BCUT2D eigenvalue weighted by atomic mass is 9.94. The van der Waals surface area contributed by atoms with Gasteiger partial charge in [-0.2, -0.15) is 0 Å². The molecule has 0 unspecified atom stereocenters. The van der Waals surface area contributed by atoms with Crippen LogP contribution in [-0.2, 0) is 0 Å². The minimum Gasteiger partial charge on any atom is -0.449 e. The van der Waals surface area contributed by atoms with Crippen molar-refractivity contribution >= 4 is 0 Å². The van der Waals surface area contributed by atoms with Crippen molar-refractivity contribution in [2.45, 2.75) is 0 Å². The molecule has 5 aromatic heterocycles. The summed E-state index contributed by atoms with van der Waals surface area (Å²) in [7, 11) is 0. The first-order valence-electron chi connectivity index (χ1n) is 20.1. The summed E-state index contributed by atoms with van der Waals surface area (Å²) < 4.78 is 13.3. The highest BCUT2D eigenvalue weighted by Gasteiger charge is 2.24. The number of pyridine rings is 4. The van der Waals surface area contributed by atoms with Gasteiger partial charge in [-0.3, -0.25) is 19.9 Å². The molecule has 0 saturated heterocycles. The Kier molecular flexibility index (Phi) is 9.28. The van der Waals surface area contributed by atoms with Gasteiger partial charge in [-0.25, -0.2) is 15.0 Å². The zero-order chi connectivity index (χ0) is 41.2. The average Bonchev–Trinajstić information content (AvgIpc) is 3.36. The Balaban J connectivity index is 0.967. The third kappa shape index (κ3) is 7.20. The van der Waals surface area contributed by atoms with Crippen LogP contribution in [0.4, 0.5) is 0 Å². The zero-order valence-corrected chi connectivity index (χ0v) is 33.0. The van der Waals surface area contributed by atoms with Crippen LogP contribution in [0.2, 0.25) is 0 Å². The summed E-state index contributed by atoms with van der Waals surface area (Å²) in [6.45, 7) is 0. The SMILES string of the molecule is c1ccc(-c2ccc(-c3nc(-c4ccccc4)nc(-c4ccc5c(c4)Oc4cc(-c6ccc(-c7ccccn7)nc6)c(-c6ccc(-c7ccccn7)nc6)cc4O5)n3)cc2)cc1. The molecule has 5 aromatic carbocycles. The van der Waals surface area contributed by atoms with E-state index in [-0.39, 0.29) is 0 Å². The Morgan fingerprint density at radius 1 is 0.274 bits per heavy atom. The van der Waals surface area contributed by atoms with Crippen molar-refractivity contribution in [2.24, 2.45) is 0 Å². The van der Waals surface area contributed by atoms with Gasteiger partial charge in [-0.05, 0) is 89.0 Å². The lowest BCUT2D eigenvalue weighted by Crippen LogP contribution is -2.03. The van der Waals surface area contributed by atoms with Crippen LogP contribution in [0.5, 0.6) is 23.0 Å². The minimum atomic E-state index is 0.509. The first-order chi connectivity index (χ1) is 30.7. The van der Waals surface area contributed by atoms with E-state index in [1.807, 2.05) is 152 Å². The van der Waals surface area contributed by atoms with E-state index in [2.05, 4.69) is 46.4 Å². The van der Waals surface area contributed by atoms with E-state index in [9.17, 15) is 0 Å². The van der Waals surface area contributed by atoms with E-state index in [0.717, 1.165) is 72.8 Å². The fourth-order valence-electron chi connectivity index (χ4n) is 7.48. The Labute approximate surface area is 357 Å². The van der Waals surface area contributed by atoms with Crippen LogP contribution in [0.1, 0.15) is 0 Å². The van der Waals surface area contributed by atoms with Crippen LogP contribution in [0.15, 0.2) is 201 Å². The zero-order valence-electron chi connectivity index (χ0n) is 33.0. The molecule has 1 aliphatic rings. The van der Waals surface area contributed by atoms with E-state index < -0.39 is 0 Å². The van der Waals surface area contributed by atoms with Gasteiger partial charge in [0.15, 0.2) is 40.5 Å². The number of hydrogen-bond donors (Lipinski definition) is 0. The summed E-state index contributed by atoms with van der Waals surface area (Å²) in [5.41, 5.74) is 11.5. The van der Waals surface area contributed by atoms with Gasteiger partial charge in [0.05, 0.1) is 22.8 Å². The fraction of sp³-hybridized carbons (Fsp3) is 0. The molecule has 1 aliphatic heterocycles. The quantitative estimate of drug-likeness (QED) is 0.148. The largest absolute Gasteiger partial charge is 0.449 e. The predicted octanol–water partition coefficient (Wildman–Crippen LogP) is 12.7. The van der Waals surface area contributed by atoms with Gasteiger partial charge in [0, 0.05) is 52.6 Å². The molecule has 0 bridgehead atoms. The molecule has 0 atom stereocenters. The van der Waals surface area contributed by atoms with Crippen molar-refractivity contribution in [3.05, 3.63) is 201 Å². The summed E-state index contributed by atoms with van der Waals surface area (Å²) in [6.07, 6.45) is 7.25. The van der Waals surface area contributed by atoms with Crippen LogP contribution in [0.25, 0.3) is 90.3 Å². The smallest absolute Gasteiger partial charge is 0.170 e. The summed E-state index contributed by atoms with van der Waals surface area (Å²) >= 11 is 0. The normalized spacial score (nSPS) is 11.5. The third-order valence-electron chi connectivity index (χ3n) is 10.6. The number of rotatable bonds is 8. The maximum absolute atomic E-state index is 6.70. The van der Waals surface area contributed by atoms with Crippen LogP contribution < -0.4 is 9.47 Å². The summed E-state index contributed by atoms with van der Waals surface area (Å²) in [5.74, 6) is 3.88. The van der Waals surface area contributed by atoms with Crippen molar-refractivity contribution in [1.82, 2.24) is 34.9 Å². The average molecular weight is 800 g/mol. The highest BCUT2D eigenvalue weighted by molar-refractivity contribution is 5.87. The van der Waals surface area contributed by atoms with Gasteiger partial charge in [0.25, 0.3) is 0 Å². The molecule has 6 heterocycles. The number of fused-ring (bicyclic) bond motifs is 2. The number of ether oxygens (including phenoxy) is 2. The number of hydrogen-bond acceptors (Lipinski definition) is 9. The van der Waals surface area contributed by atoms with Crippen molar-refractivity contribution in [1.29, 1.82) is 0 Å². The molecule has 9 nitrogen and oxygen atoms in total. The summed E-state index contributed by atoms with van der Waals surface area (Å²) in [4.78, 5) is 33.5. The molecule has 62 heavy (non-hydrogen) atoms. The van der Waals surface area contributed by atoms with Gasteiger partial charge >= 0.3 is 0 Å².